The Labute approximate surface area is 111 Å². The quantitative estimate of drug-likeness (QED) is 0.790. The number of carbonyl (C=O) groups excluding carboxylic acids is 1. The van der Waals surface area contributed by atoms with Crippen molar-refractivity contribution in [2.24, 2.45) is 17.6 Å². The van der Waals surface area contributed by atoms with Crippen molar-refractivity contribution in [1.82, 2.24) is 5.32 Å². The highest BCUT2D eigenvalue weighted by Gasteiger charge is 2.27. The molecule has 0 aromatic carbocycles. The first kappa shape index (κ1) is 13.9. The van der Waals surface area contributed by atoms with Crippen molar-refractivity contribution in [3.05, 3.63) is 0 Å². The van der Waals surface area contributed by atoms with Gasteiger partial charge in [0.2, 0.25) is 5.91 Å². The van der Waals surface area contributed by atoms with E-state index >= 15 is 0 Å². The van der Waals surface area contributed by atoms with Crippen LogP contribution in [0.4, 0.5) is 0 Å². The molecule has 3 N–H and O–H groups in total. The first-order valence-corrected chi connectivity index (χ1v) is 7.79. The molecule has 2 rings (SSSR count). The lowest BCUT2D eigenvalue weighted by molar-refractivity contribution is -0.122. The minimum Gasteiger partial charge on any atom is -0.353 e. The van der Waals surface area contributed by atoms with Crippen molar-refractivity contribution in [2.45, 2.75) is 70.3 Å². The molecule has 3 nitrogen and oxygen atoms in total. The number of nitrogens with two attached hydrogens (primary N) is 1. The third kappa shape index (κ3) is 3.98. The highest BCUT2D eigenvalue weighted by Crippen LogP contribution is 2.28. The van der Waals surface area contributed by atoms with Gasteiger partial charge in [0.15, 0.2) is 0 Å². The Morgan fingerprint density at radius 2 is 1.83 bits per heavy atom. The summed E-state index contributed by atoms with van der Waals surface area (Å²) in [6, 6.07) is 0.355. The van der Waals surface area contributed by atoms with Crippen molar-refractivity contribution in [3.63, 3.8) is 0 Å². The van der Waals surface area contributed by atoms with E-state index in [9.17, 15) is 4.79 Å². The van der Waals surface area contributed by atoms with E-state index in [1.54, 1.807) is 0 Å². The predicted molar refractivity (Wildman–Crippen MR) is 74.1 cm³/mol. The van der Waals surface area contributed by atoms with Gasteiger partial charge >= 0.3 is 0 Å². The minimum atomic E-state index is 0.255. The van der Waals surface area contributed by atoms with Crippen LogP contribution >= 0.6 is 0 Å². The molecule has 18 heavy (non-hydrogen) atoms. The van der Waals surface area contributed by atoms with Gasteiger partial charge < -0.3 is 11.1 Å². The topological polar surface area (TPSA) is 55.1 Å². The molecule has 2 unspecified atom stereocenters. The molecule has 0 aromatic heterocycles. The maximum Gasteiger partial charge on any atom is 0.220 e. The van der Waals surface area contributed by atoms with Gasteiger partial charge in [-0.3, -0.25) is 4.79 Å². The SMILES string of the molecule is NCC1CCCC1NC(=O)CCC1CCCCC1. The molecule has 2 fully saturated rings. The molecule has 2 saturated carbocycles. The van der Waals surface area contributed by atoms with Crippen molar-refractivity contribution in [1.29, 1.82) is 0 Å². The number of amides is 1. The number of hydrogen-bond donors (Lipinski definition) is 2. The Morgan fingerprint density at radius 3 is 2.56 bits per heavy atom. The Bertz CT molecular complexity index is 261. The zero-order valence-corrected chi connectivity index (χ0v) is 11.5. The molecule has 0 spiro atoms. The van der Waals surface area contributed by atoms with E-state index in [4.69, 9.17) is 5.73 Å². The highest BCUT2D eigenvalue weighted by molar-refractivity contribution is 5.76. The molecule has 104 valence electrons. The maximum atomic E-state index is 12.0. The smallest absolute Gasteiger partial charge is 0.220 e. The molecule has 1 amide bonds. The first-order chi connectivity index (χ1) is 8.79. The summed E-state index contributed by atoms with van der Waals surface area (Å²) in [6.07, 6.45) is 12.1. The van der Waals surface area contributed by atoms with Crippen molar-refractivity contribution >= 4 is 5.91 Å². The second kappa shape index (κ2) is 7.13. The van der Waals surface area contributed by atoms with E-state index in [0.717, 1.165) is 25.2 Å². The maximum absolute atomic E-state index is 12.0. The lowest BCUT2D eigenvalue weighted by atomic mass is 9.86. The molecule has 0 heterocycles. The Balaban J connectivity index is 1.65. The van der Waals surface area contributed by atoms with Gasteiger partial charge in [0, 0.05) is 12.5 Å². The van der Waals surface area contributed by atoms with E-state index in [-0.39, 0.29) is 5.91 Å². The molecule has 2 aliphatic carbocycles. The second-order valence-electron chi connectivity index (χ2n) is 6.14. The Kier molecular flexibility index (Phi) is 5.48. The van der Waals surface area contributed by atoms with E-state index < -0.39 is 0 Å². The van der Waals surface area contributed by atoms with Crippen molar-refractivity contribution < 1.29 is 4.79 Å². The molecule has 0 radical (unpaired) electrons. The molecule has 0 bridgehead atoms. The van der Waals surface area contributed by atoms with Crippen LogP contribution in [0.1, 0.15) is 64.2 Å². The van der Waals surface area contributed by atoms with Crippen LogP contribution in [-0.2, 0) is 4.79 Å². The fourth-order valence-electron chi connectivity index (χ4n) is 3.60. The highest BCUT2D eigenvalue weighted by atomic mass is 16.1. The average molecular weight is 252 g/mol. The predicted octanol–water partition coefficient (Wildman–Crippen LogP) is 2.59. The molecule has 2 aliphatic rings. The largest absolute Gasteiger partial charge is 0.353 e. The zero-order valence-electron chi connectivity index (χ0n) is 11.5. The monoisotopic (exact) mass is 252 g/mol. The van der Waals surface area contributed by atoms with Gasteiger partial charge in [0.25, 0.3) is 0 Å². The third-order valence-electron chi connectivity index (χ3n) is 4.81. The summed E-state index contributed by atoms with van der Waals surface area (Å²) in [5.74, 6) is 1.58. The van der Waals surface area contributed by atoms with Crippen LogP contribution in [0.15, 0.2) is 0 Å². The van der Waals surface area contributed by atoms with Gasteiger partial charge in [0.05, 0.1) is 0 Å². The van der Waals surface area contributed by atoms with E-state index in [1.807, 2.05) is 0 Å². The van der Waals surface area contributed by atoms with E-state index in [1.165, 1.54) is 44.9 Å². The van der Waals surface area contributed by atoms with Gasteiger partial charge in [0.1, 0.15) is 0 Å². The van der Waals surface area contributed by atoms with Crippen LogP contribution in [0.3, 0.4) is 0 Å². The summed E-state index contributed by atoms with van der Waals surface area (Å²) in [6.45, 7) is 0.716. The van der Waals surface area contributed by atoms with Crippen LogP contribution in [0.2, 0.25) is 0 Å². The number of nitrogens with one attached hydrogen (secondary N) is 1. The van der Waals surface area contributed by atoms with Crippen molar-refractivity contribution in [2.75, 3.05) is 6.54 Å². The Hall–Kier alpha value is -0.570. The zero-order chi connectivity index (χ0) is 12.8. The van der Waals surface area contributed by atoms with Gasteiger partial charge in [-0.15, -0.1) is 0 Å². The number of rotatable bonds is 5. The van der Waals surface area contributed by atoms with Crippen LogP contribution in [-0.4, -0.2) is 18.5 Å². The van der Waals surface area contributed by atoms with Gasteiger partial charge in [-0.05, 0) is 37.6 Å². The van der Waals surface area contributed by atoms with Crippen LogP contribution in [0.5, 0.6) is 0 Å². The number of carbonyl (C=O) groups is 1. The average Bonchev–Trinajstić information content (AvgIpc) is 2.85. The van der Waals surface area contributed by atoms with Gasteiger partial charge in [-0.2, -0.15) is 0 Å². The second-order valence-corrected chi connectivity index (χ2v) is 6.14. The Morgan fingerprint density at radius 1 is 1.06 bits per heavy atom. The third-order valence-corrected chi connectivity index (χ3v) is 4.81. The fourth-order valence-corrected chi connectivity index (χ4v) is 3.60. The first-order valence-electron chi connectivity index (χ1n) is 7.79. The van der Waals surface area contributed by atoms with Crippen LogP contribution in [0.25, 0.3) is 0 Å². The van der Waals surface area contributed by atoms with E-state index in [2.05, 4.69) is 5.32 Å². The molecule has 0 aromatic rings. The summed E-state index contributed by atoms with van der Waals surface area (Å²) < 4.78 is 0. The summed E-state index contributed by atoms with van der Waals surface area (Å²) in [5, 5.41) is 3.20. The molecule has 2 atom stereocenters. The summed E-state index contributed by atoms with van der Waals surface area (Å²) >= 11 is 0. The van der Waals surface area contributed by atoms with Crippen LogP contribution in [0, 0.1) is 11.8 Å². The lowest BCUT2D eigenvalue weighted by Gasteiger charge is -2.23. The van der Waals surface area contributed by atoms with Crippen LogP contribution < -0.4 is 11.1 Å². The normalized spacial score (nSPS) is 29.4. The summed E-state index contributed by atoms with van der Waals surface area (Å²) in [7, 11) is 0. The standard InChI is InChI=1S/C15H28N2O/c16-11-13-7-4-8-14(13)17-15(18)10-9-12-5-2-1-3-6-12/h12-14H,1-11,16H2,(H,17,18). The van der Waals surface area contributed by atoms with Gasteiger partial charge in [-0.25, -0.2) is 0 Å². The minimum absolute atomic E-state index is 0.255. The number of hydrogen-bond acceptors (Lipinski definition) is 2. The van der Waals surface area contributed by atoms with E-state index in [0.29, 0.717) is 18.5 Å². The molecular formula is C15H28N2O. The summed E-state index contributed by atoms with van der Waals surface area (Å²) in [5.41, 5.74) is 5.74. The fraction of sp³-hybridized carbons (Fsp3) is 0.933. The molecule has 3 heteroatoms. The van der Waals surface area contributed by atoms with Gasteiger partial charge in [-0.1, -0.05) is 38.5 Å². The summed E-state index contributed by atoms with van der Waals surface area (Å²) in [4.78, 5) is 12.0. The molecule has 0 aliphatic heterocycles. The molecule has 0 saturated heterocycles. The van der Waals surface area contributed by atoms with Crippen molar-refractivity contribution in [3.8, 4) is 0 Å². The molecular weight excluding hydrogens is 224 g/mol. The lowest BCUT2D eigenvalue weighted by Crippen LogP contribution is -2.39.